The van der Waals surface area contributed by atoms with Gasteiger partial charge in [0.05, 0.1) is 5.41 Å². The largest absolute Gasteiger partial charge is 0.299 e. The highest BCUT2D eigenvalue weighted by Crippen LogP contribution is 2.32. The summed E-state index contributed by atoms with van der Waals surface area (Å²) in [7, 11) is 0. The average molecular weight is 178 g/mol. The van der Waals surface area contributed by atoms with E-state index in [4.69, 9.17) is 0 Å². The van der Waals surface area contributed by atoms with Gasteiger partial charge in [0.1, 0.15) is 5.78 Å². The van der Waals surface area contributed by atoms with Crippen LogP contribution < -0.4 is 0 Å². The van der Waals surface area contributed by atoms with Crippen molar-refractivity contribution in [1.29, 1.82) is 0 Å². The first kappa shape index (κ1) is 11.5. The number of alkyl halides is 2. The molecule has 0 aromatic heterocycles. The molecule has 0 heterocycles. The lowest BCUT2D eigenvalue weighted by Crippen LogP contribution is -2.33. The molecule has 0 rings (SSSR count). The van der Waals surface area contributed by atoms with Gasteiger partial charge in [-0.1, -0.05) is 19.8 Å². The van der Waals surface area contributed by atoms with Crippen molar-refractivity contribution >= 4 is 5.78 Å². The van der Waals surface area contributed by atoms with Crippen LogP contribution in [-0.4, -0.2) is 12.2 Å². The third-order valence-corrected chi connectivity index (χ3v) is 2.34. The van der Waals surface area contributed by atoms with Crippen LogP contribution in [0.2, 0.25) is 0 Å². The highest BCUT2D eigenvalue weighted by molar-refractivity contribution is 5.82. The Labute approximate surface area is 72.2 Å². The number of carbonyl (C=O) groups excluding carboxylic acids is 1. The second-order valence-corrected chi connectivity index (χ2v) is 3.38. The maximum absolute atomic E-state index is 12.4. The van der Waals surface area contributed by atoms with Crippen LogP contribution in [0.3, 0.4) is 0 Å². The van der Waals surface area contributed by atoms with Crippen LogP contribution in [0.1, 0.15) is 40.0 Å². The van der Waals surface area contributed by atoms with E-state index in [2.05, 4.69) is 0 Å². The van der Waals surface area contributed by atoms with Gasteiger partial charge < -0.3 is 0 Å². The van der Waals surface area contributed by atoms with Gasteiger partial charge in [0, 0.05) is 0 Å². The highest BCUT2D eigenvalue weighted by Gasteiger charge is 2.38. The van der Waals surface area contributed by atoms with E-state index < -0.39 is 17.6 Å². The van der Waals surface area contributed by atoms with E-state index in [-0.39, 0.29) is 6.42 Å². The van der Waals surface area contributed by atoms with Crippen LogP contribution in [0.5, 0.6) is 0 Å². The molecule has 0 aliphatic rings. The van der Waals surface area contributed by atoms with Crippen LogP contribution >= 0.6 is 0 Å². The van der Waals surface area contributed by atoms with Crippen molar-refractivity contribution in [2.24, 2.45) is 5.41 Å². The Balaban J connectivity index is 4.29. The zero-order chi connectivity index (χ0) is 9.78. The fourth-order valence-corrected chi connectivity index (χ4v) is 0.983. The van der Waals surface area contributed by atoms with E-state index >= 15 is 0 Å². The second kappa shape index (κ2) is 4.53. The van der Waals surface area contributed by atoms with Gasteiger partial charge in [-0.2, -0.15) is 0 Å². The molecule has 0 aromatic carbocycles. The van der Waals surface area contributed by atoms with Crippen molar-refractivity contribution in [3.8, 4) is 0 Å². The number of carbonyl (C=O) groups is 1. The van der Waals surface area contributed by atoms with Crippen LogP contribution in [-0.2, 0) is 4.79 Å². The maximum atomic E-state index is 12.4. The SMILES string of the molecule is CCCCC(C)(C(C)=O)C(F)F. The van der Waals surface area contributed by atoms with Gasteiger partial charge in [-0.05, 0) is 20.3 Å². The lowest BCUT2D eigenvalue weighted by molar-refractivity contribution is -0.135. The molecule has 72 valence electrons. The molecule has 0 radical (unpaired) electrons. The van der Waals surface area contributed by atoms with Gasteiger partial charge >= 0.3 is 0 Å². The van der Waals surface area contributed by atoms with Gasteiger partial charge in [-0.3, -0.25) is 4.79 Å². The number of hydrogen-bond donors (Lipinski definition) is 0. The van der Waals surface area contributed by atoms with Crippen LogP contribution in [0.4, 0.5) is 8.78 Å². The molecule has 0 aliphatic heterocycles. The Morgan fingerprint density at radius 2 is 2.00 bits per heavy atom. The molecule has 0 N–H and O–H groups in total. The van der Waals surface area contributed by atoms with Crippen molar-refractivity contribution in [3.05, 3.63) is 0 Å². The average Bonchev–Trinajstić information content (AvgIpc) is 1.99. The maximum Gasteiger partial charge on any atom is 0.250 e. The van der Waals surface area contributed by atoms with Gasteiger partial charge in [0.25, 0.3) is 6.43 Å². The van der Waals surface area contributed by atoms with Crippen molar-refractivity contribution in [3.63, 3.8) is 0 Å². The van der Waals surface area contributed by atoms with E-state index in [0.717, 1.165) is 6.42 Å². The quantitative estimate of drug-likeness (QED) is 0.632. The summed E-state index contributed by atoms with van der Waals surface area (Å²) in [6, 6.07) is 0. The summed E-state index contributed by atoms with van der Waals surface area (Å²) in [5.74, 6) is -0.411. The summed E-state index contributed by atoms with van der Waals surface area (Å²) in [5.41, 5.74) is -1.42. The smallest absolute Gasteiger partial charge is 0.250 e. The number of hydrogen-bond acceptors (Lipinski definition) is 1. The number of Topliss-reactive ketones (excluding diaryl/α,β-unsaturated/α-hetero) is 1. The Morgan fingerprint density at radius 3 is 2.25 bits per heavy atom. The van der Waals surface area contributed by atoms with E-state index in [1.165, 1.54) is 13.8 Å². The molecule has 0 amide bonds. The molecular formula is C9H16F2O. The van der Waals surface area contributed by atoms with Gasteiger partial charge in [0.15, 0.2) is 0 Å². The van der Waals surface area contributed by atoms with Gasteiger partial charge in [-0.15, -0.1) is 0 Å². The standard InChI is InChI=1S/C9H16F2O/c1-4-5-6-9(3,7(2)12)8(10)11/h8H,4-6H2,1-3H3. The third-order valence-electron chi connectivity index (χ3n) is 2.34. The van der Waals surface area contributed by atoms with Gasteiger partial charge in [-0.25, -0.2) is 8.78 Å². The first-order valence-corrected chi connectivity index (χ1v) is 4.24. The molecule has 0 bridgehead atoms. The highest BCUT2D eigenvalue weighted by atomic mass is 19.3. The molecule has 1 unspecified atom stereocenters. The molecule has 0 fully saturated rings. The predicted octanol–water partition coefficient (Wildman–Crippen LogP) is 3.04. The molecule has 12 heavy (non-hydrogen) atoms. The molecule has 1 nitrogen and oxygen atoms in total. The van der Waals surface area contributed by atoms with E-state index in [0.29, 0.717) is 6.42 Å². The molecule has 1 atom stereocenters. The summed E-state index contributed by atoms with van der Waals surface area (Å²) in [5, 5.41) is 0. The lowest BCUT2D eigenvalue weighted by Gasteiger charge is -2.25. The van der Waals surface area contributed by atoms with E-state index in [1.807, 2.05) is 6.92 Å². The number of ketones is 1. The Bertz CT molecular complexity index is 157. The summed E-state index contributed by atoms with van der Waals surface area (Å²) in [6.45, 7) is 4.50. The molecule has 0 aromatic rings. The monoisotopic (exact) mass is 178 g/mol. The van der Waals surface area contributed by atoms with Crippen molar-refractivity contribution in [2.45, 2.75) is 46.5 Å². The van der Waals surface area contributed by atoms with Crippen LogP contribution in [0, 0.1) is 5.41 Å². The fourth-order valence-electron chi connectivity index (χ4n) is 0.983. The van der Waals surface area contributed by atoms with E-state index in [9.17, 15) is 13.6 Å². The second-order valence-electron chi connectivity index (χ2n) is 3.38. The zero-order valence-corrected chi connectivity index (χ0v) is 7.86. The Morgan fingerprint density at radius 1 is 1.50 bits per heavy atom. The number of rotatable bonds is 5. The minimum atomic E-state index is -2.54. The lowest BCUT2D eigenvalue weighted by atomic mass is 9.82. The molecule has 0 saturated carbocycles. The van der Waals surface area contributed by atoms with Crippen molar-refractivity contribution in [1.82, 2.24) is 0 Å². The van der Waals surface area contributed by atoms with E-state index in [1.54, 1.807) is 0 Å². The Kier molecular flexibility index (Phi) is 4.35. The minimum Gasteiger partial charge on any atom is -0.299 e. The molecule has 0 saturated heterocycles. The molecule has 0 aliphatic carbocycles. The summed E-state index contributed by atoms with van der Waals surface area (Å²) < 4.78 is 24.9. The number of unbranched alkanes of at least 4 members (excludes halogenated alkanes) is 1. The first-order valence-electron chi connectivity index (χ1n) is 4.24. The predicted molar refractivity (Wildman–Crippen MR) is 44.3 cm³/mol. The van der Waals surface area contributed by atoms with Crippen molar-refractivity contribution < 1.29 is 13.6 Å². The Hall–Kier alpha value is -0.470. The summed E-state index contributed by atoms with van der Waals surface area (Å²) >= 11 is 0. The van der Waals surface area contributed by atoms with Crippen LogP contribution in [0.15, 0.2) is 0 Å². The van der Waals surface area contributed by atoms with Gasteiger partial charge in [0.2, 0.25) is 0 Å². The summed E-state index contributed by atoms with van der Waals surface area (Å²) in [6.07, 6.45) is -0.728. The first-order chi connectivity index (χ1) is 5.45. The van der Waals surface area contributed by atoms with Crippen molar-refractivity contribution in [2.75, 3.05) is 0 Å². The van der Waals surface area contributed by atoms with Crippen LogP contribution in [0.25, 0.3) is 0 Å². The minimum absolute atomic E-state index is 0.288. The molecule has 3 heteroatoms. The molecular weight excluding hydrogens is 162 g/mol. The molecule has 0 spiro atoms. The fraction of sp³-hybridized carbons (Fsp3) is 0.889. The normalized spacial score (nSPS) is 16.2. The third kappa shape index (κ3) is 2.54. The topological polar surface area (TPSA) is 17.1 Å². The summed E-state index contributed by atoms with van der Waals surface area (Å²) in [4.78, 5) is 10.9. The number of halogens is 2. The zero-order valence-electron chi connectivity index (χ0n) is 7.86.